The van der Waals surface area contributed by atoms with Crippen molar-refractivity contribution < 1.29 is 23.7 Å². The van der Waals surface area contributed by atoms with E-state index in [2.05, 4.69) is 0 Å². The summed E-state index contributed by atoms with van der Waals surface area (Å²) in [5.74, 6) is 1.53. The van der Waals surface area contributed by atoms with Gasteiger partial charge in [-0.2, -0.15) is 0 Å². The first-order valence-corrected chi connectivity index (χ1v) is 7.95. The fourth-order valence-electron chi connectivity index (χ4n) is 2.23. The molecule has 0 spiro atoms. The van der Waals surface area contributed by atoms with Crippen LogP contribution < -0.4 is 14.2 Å². The summed E-state index contributed by atoms with van der Waals surface area (Å²) < 4.78 is 21.2. The van der Waals surface area contributed by atoms with Crippen molar-refractivity contribution in [3.8, 4) is 17.2 Å². The topological polar surface area (TPSA) is 57.3 Å². The summed E-state index contributed by atoms with van der Waals surface area (Å²) in [6, 6.07) is 13.8. The van der Waals surface area contributed by atoms with Gasteiger partial charge in [0.25, 0.3) is 0 Å². The largest absolute Gasteiger partial charge is 0.497 e. The van der Waals surface area contributed by atoms with Gasteiger partial charge in [0.15, 0.2) is 0 Å². The lowest BCUT2D eigenvalue weighted by Gasteiger charge is -2.07. The molecule has 0 saturated carbocycles. The van der Waals surface area contributed by atoms with Gasteiger partial charge in [0.1, 0.15) is 17.2 Å². The van der Waals surface area contributed by atoms with Gasteiger partial charge in [-0.1, -0.05) is 0 Å². The van der Waals surface area contributed by atoms with Gasteiger partial charge in [0, 0.05) is 0 Å². The van der Waals surface area contributed by atoms with E-state index in [0.29, 0.717) is 29.8 Å². The minimum atomic E-state index is -0.405. The van der Waals surface area contributed by atoms with Crippen LogP contribution in [0.3, 0.4) is 0 Å². The smallest absolute Gasteiger partial charge is 0.343 e. The molecule has 0 amide bonds. The molecule has 1 aliphatic heterocycles. The van der Waals surface area contributed by atoms with Gasteiger partial charge >= 0.3 is 5.97 Å². The van der Waals surface area contributed by atoms with Crippen LogP contribution in [0.5, 0.6) is 17.2 Å². The molecule has 0 aromatic heterocycles. The van der Waals surface area contributed by atoms with Crippen LogP contribution >= 0.6 is 0 Å². The number of esters is 1. The molecule has 3 rings (SSSR count). The average Bonchev–Trinajstić information content (AvgIpc) is 3.44. The molecule has 2 aromatic carbocycles. The molecule has 1 fully saturated rings. The minimum Gasteiger partial charge on any atom is -0.497 e. The van der Waals surface area contributed by atoms with Crippen molar-refractivity contribution in [3.05, 3.63) is 54.1 Å². The predicted octanol–water partition coefficient (Wildman–Crippen LogP) is 3.47. The number of hydrogen-bond acceptors (Lipinski definition) is 5. The Morgan fingerprint density at radius 2 is 1.67 bits per heavy atom. The molecule has 24 heavy (non-hydrogen) atoms. The second-order valence-corrected chi connectivity index (χ2v) is 5.54. The molecule has 1 saturated heterocycles. The summed E-state index contributed by atoms with van der Waals surface area (Å²) in [7, 11) is 1.59. The molecular formula is C19H20O5. The fourth-order valence-corrected chi connectivity index (χ4v) is 2.23. The maximum atomic E-state index is 12.1. The van der Waals surface area contributed by atoms with E-state index in [-0.39, 0.29) is 0 Å². The van der Waals surface area contributed by atoms with E-state index in [1.807, 2.05) is 0 Å². The number of carbonyl (C=O) groups excluding carboxylic acids is 1. The van der Waals surface area contributed by atoms with E-state index in [0.717, 1.165) is 25.2 Å². The van der Waals surface area contributed by atoms with Gasteiger partial charge in [-0.25, -0.2) is 4.79 Å². The van der Waals surface area contributed by atoms with Gasteiger partial charge in [-0.3, -0.25) is 0 Å². The lowest BCUT2D eigenvalue weighted by Crippen LogP contribution is -2.08. The Kier molecular flexibility index (Phi) is 5.33. The second kappa shape index (κ2) is 7.84. The van der Waals surface area contributed by atoms with Crippen molar-refractivity contribution in [1.82, 2.24) is 0 Å². The minimum absolute atomic E-state index is 0.405. The maximum Gasteiger partial charge on any atom is 0.343 e. The first-order valence-electron chi connectivity index (χ1n) is 7.95. The molecule has 5 heteroatoms. The van der Waals surface area contributed by atoms with E-state index >= 15 is 0 Å². The lowest BCUT2D eigenvalue weighted by atomic mass is 10.2. The Hall–Kier alpha value is -2.53. The Morgan fingerprint density at radius 1 is 1.04 bits per heavy atom. The van der Waals surface area contributed by atoms with E-state index in [1.165, 1.54) is 0 Å². The standard InChI is InChI=1S/C19H20O5/c1-21-15-8-10-17(11-9-15)24-19(20)14-4-6-16(7-5-14)22-12-2-3-18-13-23-18/h4-11,18H,2-3,12-13H2,1H3. The summed E-state index contributed by atoms with van der Waals surface area (Å²) in [4.78, 5) is 12.1. The number of methoxy groups -OCH3 is 1. The molecule has 0 radical (unpaired) electrons. The first-order chi connectivity index (χ1) is 11.7. The Labute approximate surface area is 141 Å². The van der Waals surface area contributed by atoms with Gasteiger partial charge in [-0.05, 0) is 61.4 Å². The zero-order chi connectivity index (χ0) is 16.8. The molecule has 5 nitrogen and oxygen atoms in total. The number of ether oxygens (including phenoxy) is 4. The Balaban J connectivity index is 1.48. The van der Waals surface area contributed by atoms with Crippen LogP contribution in [0.4, 0.5) is 0 Å². The molecule has 1 unspecified atom stereocenters. The Bertz CT molecular complexity index is 659. The van der Waals surface area contributed by atoms with Gasteiger partial charge in [-0.15, -0.1) is 0 Å². The predicted molar refractivity (Wildman–Crippen MR) is 88.9 cm³/mol. The van der Waals surface area contributed by atoms with Crippen molar-refractivity contribution in [1.29, 1.82) is 0 Å². The SMILES string of the molecule is COc1ccc(OC(=O)c2ccc(OCCCC3CO3)cc2)cc1. The third kappa shape index (κ3) is 4.73. The molecule has 1 atom stereocenters. The molecule has 0 bridgehead atoms. The summed E-state index contributed by atoms with van der Waals surface area (Å²) in [6.45, 7) is 1.53. The molecule has 1 aliphatic rings. The molecule has 2 aromatic rings. The number of benzene rings is 2. The van der Waals surface area contributed by atoms with Crippen LogP contribution in [-0.4, -0.2) is 32.4 Å². The Morgan fingerprint density at radius 3 is 2.29 bits per heavy atom. The number of epoxide rings is 1. The molecular weight excluding hydrogens is 308 g/mol. The average molecular weight is 328 g/mol. The molecule has 1 heterocycles. The van der Waals surface area contributed by atoms with Crippen LogP contribution in [0.25, 0.3) is 0 Å². The first kappa shape index (κ1) is 16.3. The van der Waals surface area contributed by atoms with Crippen molar-refractivity contribution in [3.63, 3.8) is 0 Å². The van der Waals surface area contributed by atoms with E-state index < -0.39 is 5.97 Å². The molecule has 0 N–H and O–H groups in total. The highest BCUT2D eigenvalue weighted by atomic mass is 16.6. The molecule has 126 valence electrons. The van der Waals surface area contributed by atoms with Crippen LogP contribution in [0.15, 0.2) is 48.5 Å². The van der Waals surface area contributed by atoms with Crippen LogP contribution in [0, 0.1) is 0 Å². The summed E-state index contributed by atoms with van der Waals surface area (Å²) in [5, 5.41) is 0. The van der Waals surface area contributed by atoms with Crippen LogP contribution in [0.1, 0.15) is 23.2 Å². The third-order valence-corrected chi connectivity index (χ3v) is 3.70. The van der Waals surface area contributed by atoms with Gasteiger partial charge < -0.3 is 18.9 Å². The zero-order valence-electron chi connectivity index (χ0n) is 13.6. The number of carbonyl (C=O) groups is 1. The second-order valence-electron chi connectivity index (χ2n) is 5.54. The highest BCUT2D eigenvalue weighted by Crippen LogP contribution is 2.20. The van der Waals surface area contributed by atoms with Gasteiger partial charge in [0.05, 0.1) is 32.0 Å². The number of rotatable bonds is 8. The van der Waals surface area contributed by atoms with E-state index in [4.69, 9.17) is 18.9 Å². The summed E-state index contributed by atoms with van der Waals surface area (Å²) in [5.41, 5.74) is 0.476. The normalized spacial score (nSPS) is 15.6. The zero-order valence-corrected chi connectivity index (χ0v) is 13.6. The monoisotopic (exact) mass is 328 g/mol. The lowest BCUT2D eigenvalue weighted by molar-refractivity contribution is 0.0734. The summed E-state index contributed by atoms with van der Waals surface area (Å²) >= 11 is 0. The van der Waals surface area contributed by atoms with Crippen LogP contribution in [0.2, 0.25) is 0 Å². The fraction of sp³-hybridized carbons (Fsp3) is 0.316. The van der Waals surface area contributed by atoms with Crippen molar-refractivity contribution >= 4 is 5.97 Å². The number of hydrogen-bond donors (Lipinski definition) is 0. The highest BCUT2D eigenvalue weighted by molar-refractivity contribution is 5.91. The van der Waals surface area contributed by atoms with E-state index in [1.54, 1.807) is 55.6 Å². The highest BCUT2D eigenvalue weighted by Gasteiger charge is 2.21. The van der Waals surface area contributed by atoms with Crippen LogP contribution in [-0.2, 0) is 4.74 Å². The molecule has 0 aliphatic carbocycles. The van der Waals surface area contributed by atoms with E-state index in [9.17, 15) is 4.79 Å². The van der Waals surface area contributed by atoms with Crippen molar-refractivity contribution in [2.45, 2.75) is 18.9 Å². The third-order valence-electron chi connectivity index (χ3n) is 3.70. The van der Waals surface area contributed by atoms with Gasteiger partial charge in [0.2, 0.25) is 0 Å². The summed E-state index contributed by atoms with van der Waals surface area (Å²) in [6.07, 6.45) is 2.43. The van der Waals surface area contributed by atoms with Crippen molar-refractivity contribution in [2.75, 3.05) is 20.3 Å². The van der Waals surface area contributed by atoms with Crippen molar-refractivity contribution in [2.24, 2.45) is 0 Å². The quantitative estimate of drug-likeness (QED) is 0.321. The maximum absolute atomic E-state index is 12.1.